The molecule has 2 aromatic rings. The second-order valence-corrected chi connectivity index (χ2v) is 5.68. The third-order valence-electron chi connectivity index (χ3n) is 3.24. The summed E-state index contributed by atoms with van der Waals surface area (Å²) in [5.41, 5.74) is 3.54. The molecular formula is C20H19ClN2O3. The van der Waals surface area contributed by atoms with Crippen LogP contribution in [0, 0.1) is 12.3 Å². The van der Waals surface area contributed by atoms with E-state index in [-0.39, 0.29) is 12.5 Å². The fraction of sp³-hybridized carbons (Fsp3) is 0.200. The van der Waals surface area contributed by atoms with Crippen molar-refractivity contribution in [3.8, 4) is 23.8 Å². The Morgan fingerprint density at radius 2 is 2.04 bits per heavy atom. The minimum atomic E-state index is -0.337. The van der Waals surface area contributed by atoms with Crippen LogP contribution in [-0.2, 0) is 0 Å². The van der Waals surface area contributed by atoms with Gasteiger partial charge in [-0.25, -0.2) is 5.43 Å². The maximum absolute atomic E-state index is 12.1. The lowest BCUT2D eigenvalue weighted by atomic mass is 10.2. The van der Waals surface area contributed by atoms with E-state index in [0.717, 1.165) is 12.2 Å². The van der Waals surface area contributed by atoms with E-state index in [2.05, 4.69) is 16.4 Å². The average Bonchev–Trinajstić information content (AvgIpc) is 2.66. The van der Waals surface area contributed by atoms with Gasteiger partial charge in [-0.3, -0.25) is 4.79 Å². The average molecular weight is 371 g/mol. The Hall–Kier alpha value is -2.97. The van der Waals surface area contributed by atoms with Crippen LogP contribution in [-0.4, -0.2) is 25.3 Å². The summed E-state index contributed by atoms with van der Waals surface area (Å²) in [4.78, 5) is 12.1. The number of nitrogens with one attached hydrogen (secondary N) is 1. The number of terminal acetylenes is 1. The van der Waals surface area contributed by atoms with Gasteiger partial charge in [-0.1, -0.05) is 24.4 Å². The van der Waals surface area contributed by atoms with E-state index in [9.17, 15) is 4.79 Å². The van der Waals surface area contributed by atoms with Crippen molar-refractivity contribution in [2.24, 2.45) is 5.10 Å². The molecule has 2 aromatic carbocycles. The van der Waals surface area contributed by atoms with E-state index >= 15 is 0 Å². The summed E-state index contributed by atoms with van der Waals surface area (Å²) in [7, 11) is 0. The predicted octanol–water partition coefficient (Wildman–Crippen LogP) is 3.90. The molecule has 0 heterocycles. The zero-order chi connectivity index (χ0) is 18.8. The standard InChI is InChI=1S/C20H19ClN2O3/c1-3-11-25-18-8-5-15(6-9-18)20(24)23-22-14-16-13-17(21)7-10-19(16)26-12-4-2/h2,5-10,13-14H,3,11-12H2,1H3,(H,23,24)/b22-14+. The van der Waals surface area contributed by atoms with Crippen molar-refractivity contribution in [2.45, 2.75) is 13.3 Å². The first kappa shape index (κ1) is 19.4. The van der Waals surface area contributed by atoms with Crippen LogP contribution < -0.4 is 14.9 Å². The lowest BCUT2D eigenvalue weighted by Crippen LogP contribution is -2.17. The second-order valence-electron chi connectivity index (χ2n) is 5.25. The summed E-state index contributed by atoms with van der Waals surface area (Å²) in [5.74, 6) is 3.31. The van der Waals surface area contributed by atoms with Crippen LogP contribution in [0.1, 0.15) is 29.3 Å². The van der Waals surface area contributed by atoms with Gasteiger partial charge < -0.3 is 9.47 Å². The normalized spacial score (nSPS) is 10.3. The molecule has 0 bridgehead atoms. The predicted molar refractivity (Wildman–Crippen MR) is 103 cm³/mol. The number of rotatable bonds is 8. The Morgan fingerprint density at radius 1 is 1.27 bits per heavy atom. The zero-order valence-electron chi connectivity index (χ0n) is 14.4. The Labute approximate surface area is 158 Å². The van der Waals surface area contributed by atoms with Gasteiger partial charge in [0.05, 0.1) is 12.8 Å². The van der Waals surface area contributed by atoms with Crippen LogP contribution in [0.3, 0.4) is 0 Å². The smallest absolute Gasteiger partial charge is 0.271 e. The second kappa shape index (κ2) is 10.1. The molecule has 0 aliphatic rings. The molecule has 5 nitrogen and oxygen atoms in total. The third kappa shape index (κ3) is 5.83. The first-order valence-corrected chi connectivity index (χ1v) is 8.44. The molecule has 0 saturated heterocycles. The van der Waals surface area contributed by atoms with Gasteiger partial charge in [-0.05, 0) is 48.9 Å². The fourth-order valence-corrected chi connectivity index (χ4v) is 2.20. The molecule has 0 radical (unpaired) electrons. The van der Waals surface area contributed by atoms with Crippen LogP contribution in [0.4, 0.5) is 0 Å². The molecule has 2 rings (SSSR count). The number of amides is 1. The van der Waals surface area contributed by atoms with Crippen molar-refractivity contribution >= 4 is 23.7 Å². The van der Waals surface area contributed by atoms with Gasteiger partial charge in [0.1, 0.15) is 18.1 Å². The SMILES string of the molecule is C#CCOc1ccc(Cl)cc1/C=N/NC(=O)c1ccc(OCCC)cc1. The maximum atomic E-state index is 12.1. The molecule has 0 aliphatic heterocycles. The number of ether oxygens (including phenoxy) is 2. The molecule has 1 amide bonds. The van der Waals surface area contributed by atoms with E-state index in [1.165, 1.54) is 6.21 Å². The molecule has 1 N–H and O–H groups in total. The summed E-state index contributed by atoms with van der Waals surface area (Å²) in [6, 6.07) is 11.9. The van der Waals surface area contributed by atoms with E-state index in [4.69, 9.17) is 27.5 Å². The van der Waals surface area contributed by atoms with Gasteiger partial charge in [0, 0.05) is 16.1 Å². The number of hydrogen-bond acceptors (Lipinski definition) is 4. The van der Waals surface area contributed by atoms with Crippen molar-refractivity contribution in [3.63, 3.8) is 0 Å². The van der Waals surface area contributed by atoms with Crippen molar-refractivity contribution in [3.05, 3.63) is 58.6 Å². The highest BCUT2D eigenvalue weighted by Crippen LogP contribution is 2.21. The number of carbonyl (C=O) groups is 1. The van der Waals surface area contributed by atoms with E-state index in [1.54, 1.807) is 42.5 Å². The maximum Gasteiger partial charge on any atom is 0.271 e. The number of carbonyl (C=O) groups excluding carboxylic acids is 1. The van der Waals surface area contributed by atoms with Gasteiger partial charge in [0.2, 0.25) is 0 Å². The van der Waals surface area contributed by atoms with Crippen molar-refractivity contribution in [2.75, 3.05) is 13.2 Å². The quantitative estimate of drug-likeness (QED) is 0.435. The van der Waals surface area contributed by atoms with Gasteiger partial charge in [0.15, 0.2) is 0 Å². The van der Waals surface area contributed by atoms with Crippen LogP contribution in [0.25, 0.3) is 0 Å². The Morgan fingerprint density at radius 3 is 2.73 bits per heavy atom. The van der Waals surface area contributed by atoms with E-state index in [1.807, 2.05) is 6.92 Å². The van der Waals surface area contributed by atoms with Crippen LogP contribution in [0.15, 0.2) is 47.6 Å². The van der Waals surface area contributed by atoms with Gasteiger partial charge >= 0.3 is 0 Å². The van der Waals surface area contributed by atoms with E-state index in [0.29, 0.717) is 28.5 Å². The largest absolute Gasteiger partial charge is 0.494 e. The first-order chi connectivity index (χ1) is 12.6. The minimum absolute atomic E-state index is 0.126. The number of hydrogen-bond donors (Lipinski definition) is 1. The highest BCUT2D eigenvalue weighted by atomic mass is 35.5. The Kier molecular flexibility index (Phi) is 7.53. The van der Waals surface area contributed by atoms with Crippen molar-refractivity contribution in [1.82, 2.24) is 5.43 Å². The Bertz CT molecular complexity index is 811. The lowest BCUT2D eigenvalue weighted by Gasteiger charge is -2.07. The van der Waals surface area contributed by atoms with Gasteiger partial charge in [-0.2, -0.15) is 5.10 Å². The van der Waals surface area contributed by atoms with Crippen molar-refractivity contribution in [1.29, 1.82) is 0 Å². The molecular weight excluding hydrogens is 352 g/mol. The third-order valence-corrected chi connectivity index (χ3v) is 3.48. The number of hydrazone groups is 1. The molecule has 6 heteroatoms. The molecule has 0 fully saturated rings. The van der Waals surface area contributed by atoms with Crippen molar-refractivity contribution < 1.29 is 14.3 Å². The summed E-state index contributed by atoms with van der Waals surface area (Å²) >= 11 is 5.98. The highest BCUT2D eigenvalue weighted by Gasteiger charge is 2.06. The highest BCUT2D eigenvalue weighted by molar-refractivity contribution is 6.30. The molecule has 0 aliphatic carbocycles. The van der Waals surface area contributed by atoms with Gasteiger partial charge in [-0.15, -0.1) is 6.42 Å². The topological polar surface area (TPSA) is 59.9 Å². The molecule has 134 valence electrons. The number of benzene rings is 2. The summed E-state index contributed by atoms with van der Waals surface area (Å²) in [6.45, 7) is 2.80. The fourth-order valence-electron chi connectivity index (χ4n) is 2.02. The van der Waals surface area contributed by atoms with Crippen LogP contribution in [0.5, 0.6) is 11.5 Å². The van der Waals surface area contributed by atoms with Gasteiger partial charge in [0.25, 0.3) is 5.91 Å². The van der Waals surface area contributed by atoms with Crippen LogP contribution >= 0.6 is 11.6 Å². The summed E-state index contributed by atoms with van der Waals surface area (Å²) in [6.07, 6.45) is 7.57. The van der Waals surface area contributed by atoms with Crippen LogP contribution in [0.2, 0.25) is 5.02 Å². The minimum Gasteiger partial charge on any atom is -0.494 e. The Balaban J connectivity index is 2.00. The summed E-state index contributed by atoms with van der Waals surface area (Å²) in [5, 5.41) is 4.48. The molecule has 0 spiro atoms. The molecule has 0 atom stereocenters. The molecule has 0 aromatic heterocycles. The molecule has 0 saturated carbocycles. The van der Waals surface area contributed by atoms with E-state index < -0.39 is 0 Å². The monoisotopic (exact) mass is 370 g/mol. The summed E-state index contributed by atoms with van der Waals surface area (Å²) < 4.78 is 10.9. The zero-order valence-corrected chi connectivity index (χ0v) is 15.1. The number of nitrogens with zero attached hydrogens (tertiary/aromatic N) is 1. The molecule has 0 unspecified atom stereocenters. The lowest BCUT2D eigenvalue weighted by molar-refractivity contribution is 0.0955. The first-order valence-electron chi connectivity index (χ1n) is 8.06. The number of halogens is 1. The molecule has 26 heavy (non-hydrogen) atoms.